The molecule has 298 valence electrons. The maximum atomic E-state index is 12.0. The molecule has 0 saturated carbocycles. The van der Waals surface area contributed by atoms with E-state index in [2.05, 4.69) is 15.8 Å². The molecule has 0 radical (unpaired) electrons. The fourth-order valence-corrected chi connectivity index (χ4v) is 4.76. The standard InChI is InChI=1S/C14H28O2.C9H15F3NO7S2.C9H16O3.K/c1-4-6-7-8-9-10-11-12-16-14(15)13(3)5-2;1-4-8(2,3)7(14)19-5-6-20-22(17,18)13-21(15,16)9(10,11)12;1-4-9(2,3)8(10)12-6-7-5-11-7;/h13H,4-12H2,1-3H3;4-6H2,1-3H3;7H,4-6H2,1-3H3;/q;-1;;+1. The summed E-state index contributed by atoms with van der Waals surface area (Å²) in [6.45, 7) is 17.1. The maximum absolute atomic E-state index is 12.0. The van der Waals surface area contributed by atoms with Crippen molar-refractivity contribution >= 4 is 38.2 Å². The molecule has 2 atom stereocenters. The smallest absolute Gasteiger partial charge is 0.465 e. The maximum Gasteiger partial charge on any atom is 1.00 e. The van der Waals surface area contributed by atoms with Crippen LogP contribution < -0.4 is 51.4 Å². The van der Waals surface area contributed by atoms with Gasteiger partial charge >= 0.3 is 74.8 Å². The van der Waals surface area contributed by atoms with Crippen LogP contribution >= 0.6 is 0 Å². The summed E-state index contributed by atoms with van der Waals surface area (Å²) < 4.78 is 104. The largest absolute Gasteiger partial charge is 1.00 e. The summed E-state index contributed by atoms with van der Waals surface area (Å²) in [4.78, 5) is 34.2. The van der Waals surface area contributed by atoms with Crippen LogP contribution in [0.2, 0.25) is 0 Å². The topological polar surface area (TPSA) is 183 Å². The van der Waals surface area contributed by atoms with Gasteiger partial charge in [0.15, 0.2) is 10.0 Å². The summed E-state index contributed by atoms with van der Waals surface area (Å²) in [5.41, 5.74) is -7.04. The Morgan fingerprint density at radius 3 is 1.67 bits per heavy atom. The van der Waals surface area contributed by atoms with Gasteiger partial charge in [-0.3, -0.25) is 18.6 Å². The van der Waals surface area contributed by atoms with E-state index in [0.29, 0.717) is 19.6 Å². The van der Waals surface area contributed by atoms with Gasteiger partial charge in [-0.05, 0) is 53.4 Å². The number of alkyl halides is 3. The van der Waals surface area contributed by atoms with E-state index < -0.39 is 50.4 Å². The molecule has 1 fully saturated rings. The van der Waals surface area contributed by atoms with E-state index in [4.69, 9.17) is 14.2 Å². The molecule has 1 saturated heterocycles. The van der Waals surface area contributed by atoms with Crippen molar-refractivity contribution in [1.29, 1.82) is 0 Å². The summed E-state index contributed by atoms with van der Waals surface area (Å²) in [5.74, 6) is -0.769. The van der Waals surface area contributed by atoms with Crippen LogP contribution in [0, 0.1) is 16.7 Å². The second kappa shape index (κ2) is 27.2. The van der Waals surface area contributed by atoms with Gasteiger partial charge in [-0.15, -0.1) is 0 Å². The average molecular weight is 810 g/mol. The van der Waals surface area contributed by atoms with Gasteiger partial charge in [-0.25, -0.2) is 16.8 Å². The zero-order valence-electron chi connectivity index (χ0n) is 32.1. The number of hydrogen-bond acceptors (Lipinski definition) is 12. The van der Waals surface area contributed by atoms with Crippen molar-refractivity contribution < 1.29 is 119 Å². The van der Waals surface area contributed by atoms with Crippen molar-refractivity contribution in [3.05, 3.63) is 4.13 Å². The second-order valence-corrected chi connectivity index (χ2v) is 16.1. The van der Waals surface area contributed by atoms with Gasteiger partial charge in [-0.2, -0.15) is 13.2 Å². The van der Waals surface area contributed by atoms with Crippen LogP contribution in [0.4, 0.5) is 13.2 Å². The average Bonchev–Trinajstić information content (AvgIpc) is 3.86. The number of carbonyl (C=O) groups is 3. The zero-order valence-corrected chi connectivity index (χ0v) is 36.8. The van der Waals surface area contributed by atoms with Gasteiger partial charge in [0, 0.05) is 0 Å². The Balaban J connectivity index is -0.000000701. The third-order valence-corrected chi connectivity index (χ3v) is 10.3. The van der Waals surface area contributed by atoms with E-state index in [9.17, 15) is 44.4 Å². The molecule has 19 heteroatoms. The number of ether oxygens (including phenoxy) is 4. The number of rotatable bonds is 22. The predicted molar refractivity (Wildman–Crippen MR) is 181 cm³/mol. The first-order valence-corrected chi connectivity index (χ1v) is 19.8. The molecule has 0 amide bonds. The predicted octanol–water partition coefficient (Wildman–Crippen LogP) is 4.15. The number of halogens is 3. The molecule has 0 aromatic rings. The molecule has 0 bridgehead atoms. The minimum atomic E-state index is -6.23. The summed E-state index contributed by atoms with van der Waals surface area (Å²) in [6.07, 6.45) is 11.1. The van der Waals surface area contributed by atoms with Crippen molar-refractivity contribution in [3.63, 3.8) is 0 Å². The molecule has 0 spiro atoms. The van der Waals surface area contributed by atoms with Crippen LogP contribution in [0.15, 0.2) is 0 Å². The molecule has 13 nitrogen and oxygen atoms in total. The van der Waals surface area contributed by atoms with Crippen molar-refractivity contribution in [3.8, 4) is 0 Å². The molecule has 0 aromatic heterocycles. The first-order chi connectivity index (χ1) is 22.9. The van der Waals surface area contributed by atoms with Crippen molar-refractivity contribution in [1.82, 2.24) is 0 Å². The Bertz CT molecular complexity index is 1210. The van der Waals surface area contributed by atoms with Crippen molar-refractivity contribution in [2.45, 2.75) is 138 Å². The van der Waals surface area contributed by atoms with Crippen LogP contribution in [0.3, 0.4) is 0 Å². The molecule has 1 aliphatic heterocycles. The molecular weight excluding hydrogens is 751 g/mol. The minimum absolute atomic E-state index is 0. The minimum Gasteiger partial charge on any atom is -0.465 e. The first kappa shape index (κ1) is 55.0. The van der Waals surface area contributed by atoms with Gasteiger partial charge in [-0.1, -0.05) is 73.1 Å². The van der Waals surface area contributed by atoms with E-state index in [0.717, 1.165) is 25.9 Å². The van der Waals surface area contributed by atoms with Gasteiger partial charge in [0.2, 0.25) is 10.3 Å². The van der Waals surface area contributed by atoms with Crippen molar-refractivity contribution in [2.24, 2.45) is 16.7 Å². The molecule has 2 unspecified atom stereocenters. The van der Waals surface area contributed by atoms with Gasteiger partial charge in [0.25, 0.3) is 0 Å². The third-order valence-electron chi connectivity index (χ3n) is 7.71. The normalized spacial score (nSPS) is 15.1. The van der Waals surface area contributed by atoms with E-state index in [1.165, 1.54) is 38.5 Å². The zero-order chi connectivity index (χ0) is 39.2. The number of hydrogen-bond donors (Lipinski definition) is 0. The number of epoxide rings is 1. The number of unbranched alkanes of at least 4 members (excludes halogenated alkanes) is 6. The molecule has 0 N–H and O–H groups in total. The molecule has 51 heavy (non-hydrogen) atoms. The van der Waals surface area contributed by atoms with Crippen LogP contribution in [0.5, 0.6) is 0 Å². The molecule has 1 aliphatic rings. The van der Waals surface area contributed by atoms with E-state index in [1.54, 1.807) is 24.9 Å². The van der Waals surface area contributed by atoms with E-state index in [-0.39, 0.29) is 80.8 Å². The van der Waals surface area contributed by atoms with Crippen molar-refractivity contribution in [2.75, 3.05) is 33.0 Å². The van der Waals surface area contributed by atoms with Gasteiger partial charge in [0.1, 0.15) is 19.3 Å². The number of carbonyl (C=O) groups excluding carboxylic acids is 3. The SMILES string of the molecule is CCC(C)(C)C(=O)OCC1CO1.CCC(C)(C)C(=O)OCCOS(=O)(=O)[N-]S(=O)(=O)C(F)(F)F.CCCCCCCCCOC(=O)C(C)CC.[K+]. The Kier molecular flexibility index (Phi) is 29.4. The summed E-state index contributed by atoms with van der Waals surface area (Å²) in [5, 5.41) is 0. The van der Waals surface area contributed by atoms with Crippen LogP contribution in [-0.2, 0) is 57.8 Å². The molecular formula is C32H59F3KNO12S2. The molecule has 0 aromatic carbocycles. The Morgan fingerprint density at radius 1 is 0.765 bits per heavy atom. The van der Waals surface area contributed by atoms with E-state index >= 15 is 0 Å². The summed E-state index contributed by atoms with van der Waals surface area (Å²) in [7, 11) is -11.6. The first-order valence-electron chi connectivity index (χ1n) is 17.0. The monoisotopic (exact) mass is 809 g/mol. The second-order valence-electron chi connectivity index (χ2n) is 13.0. The van der Waals surface area contributed by atoms with Crippen LogP contribution in [0.25, 0.3) is 4.13 Å². The van der Waals surface area contributed by atoms with Crippen LogP contribution in [-0.4, -0.2) is 79.4 Å². The van der Waals surface area contributed by atoms with Crippen LogP contribution in [0.1, 0.15) is 127 Å². The summed E-state index contributed by atoms with van der Waals surface area (Å²) in [6, 6.07) is 0. The Hall–Kier alpha value is -0.384. The Labute approximate surface area is 346 Å². The molecule has 1 rings (SSSR count). The fraction of sp³-hybridized carbons (Fsp3) is 0.906. The number of nitrogens with zero attached hydrogens (tertiary/aromatic N) is 1. The fourth-order valence-electron chi connectivity index (χ4n) is 3.01. The number of esters is 3. The number of sulfonamides is 1. The quantitative estimate of drug-likeness (QED) is 0.0502. The Morgan fingerprint density at radius 2 is 1.24 bits per heavy atom. The molecule has 1 heterocycles. The van der Waals surface area contributed by atoms with Gasteiger partial charge in [0.05, 0.1) is 36.6 Å². The molecule has 0 aliphatic carbocycles. The van der Waals surface area contributed by atoms with E-state index in [1.807, 2.05) is 34.6 Å². The van der Waals surface area contributed by atoms with Gasteiger partial charge < -0.3 is 23.1 Å². The summed E-state index contributed by atoms with van der Waals surface area (Å²) >= 11 is 0. The third kappa shape index (κ3) is 26.9.